The van der Waals surface area contributed by atoms with Crippen molar-refractivity contribution in [2.75, 3.05) is 37.2 Å². The number of para-hydroxylation sites is 7. The topological polar surface area (TPSA) is 294 Å². The maximum Gasteiger partial charge on any atom is 0.266 e. The van der Waals surface area contributed by atoms with Crippen molar-refractivity contribution in [1.82, 2.24) is 34.9 Å². The fourth-order valence-corrected chi connectivity index (χ4v) is 20.3. The van der Waals surface area contributed by atoms with E-state index < -0.39 is 0 Å². The van der Waals surface area contributed by atoms with Crippen LogP contribution in [0.25, 0.3) is 76.3 Å². The number of fused-ring (bicyclic) bond motifs is 7. The number of aryl methyl sites for hydroxylation is 7. The van der Waals surface area contributed by atoms with Crippen molar-refractivity contribution in [3.8, 4) is 0 Å². The molecular formula is C105H82Br2N14O7S7. The Labute approximate surface area is 821 Å². The van der Waals surface area contributed by atoms with Crippen LogP contribution >= 0.6 is 111 Å². The van der Waals surface area contributed by atoms with Gasteiger partial charge in [-0.05, 0) is 253 Å². The molecule has 0 saturated carbocycles. The molecule has 30 heteroatoms. The van der Waals surface area contributed by atoms with E-state index in [0.29, 0.717) is 29.3 Å². The Morgan fingerprint density at radius 3 is 0.770 bits per heavy atom. The molecule has 670 valence electrons. The molecule has 0 radical (unpaired) electrons. The summed E-state index contributed by atoms with van der Waals surface area (Å²) < 4.78 is 1.97. The monoisotopic (exact) mass is 2030 g/mol. The molecule has 135 heavy (non-hydrogen) atoms. The quantitative estimate of drug-likeness (QED) is 0.0533. The van der Waals surface area contributed by atoms with Crippen LogP contribution in [-0.4, -0.2) is 76.2 Å². The van der Waals surface area contributed by atoms with Gasteiger partial charge in [-0.15, -0.1) is 79.4 Å². The van der Waals surface area contributed by atoms with Crippen LogP contribution in [-0.2, 0) is 0 Å². The molecule has 0 atom stereocenters. The van der Waals surface area contributed by atoms with Gasteiger partial charge in [0.1, 0.15) is 0 Å². The van der Waals surface area contributed by atoms with Gasteiger partial charge in [-0.2, -0.15) is 0 Å². The summed E-state index contributed by atoms with van der Waals surface area (Å²) in [6.45, 7) is 13.8. The van der Waals surface area contributed by atoms with Gasteiger partial charge in [0.25, 0.3) is 41.4 Å². The zero-order chi connectivity index (χ0) is 94.4. The second kappa shape index (κ2) is 45.3. The lowest BCUT2D eigenvalue weighted by Crippen LogP contribution is -2.11. The Hall–Kier alpha value is -14.4. The summed E-state index contributed by atoms with van der Waals surface area (Å²) in [6.07, 6.45) is 10.4. The van der Waals surface area contributed by atoms with E-state index in [1.807, 2.05) is 332 Å². The van der Waals surface area contributed by atoms with Gasteiger partial charge in [0.15, 0.2) is 0 Å². The maximum absolute atomic E-state index is 12.4. The van der Waals surface area contributed by atoms with Gasteiger partial charge in [0.05, 0.1) is 120 Å². The molecule has 21 nitrogen and oxygen atoms in total. The number of carbonyl (C=O) groups excluding carboxylic acids is 7. The summed E-state index contributed by atoms with van der Waals surface area (Å²) in [7, 11) is 0. The molecule has 0 aliphatic rings. The van der Waals surface area contributed by atoms with Crippen molar-refractivity contribution in [3.63, 3.8) is 0 Å². The first-order valence-electron chi connectivity index (χ1n) is 41.9. The molecule has 7 N–H and O–H groups in total. The number of aromatic nitrogens is 7. The summed E-state index contributed by atoms with van der Waals surface area (Å²) in [5, 5.41) is 31.4. The van der Waals surface area contributed by atoms with Gasteiger partial charge >= 0.3 is 0 Å². The van der Waals surface area contributed by atoms with Gasteiger partial charge in [-0.1, -0.05) is 133 Å². The highest BCUT2D eigenvalue weighted by molar-refractivity contribution is 9.11. The van der Waals surface area contributed by atoms with Crippen molar-refractivity contribution < 1.29 is 33.6 Å². The molecule has 14 heterocycles. The van der Waals surface area contributed by atoms with E-state index in [2.05, 4.69) is 104 Å². The Morgan fingerprint density at radius 2 is 0.511 bits per heavy atom. The predicted octanol–water partition coefficient (Wildman–Crippen LogP) is 28.5. The molecule has 0 saturated heterocycles. The number of carbonyl (C=O) groups is 7. The molecule has 7 amide bonds. The van der Waals surface area contributed by atoms with Gasteiger partial charge < -0.3 is 37.2 Å². The van der Waals surface area contributed by atoms with E-state index in [-0.39, 0.29) is 41.4 Å². The summed E-state index contributed by atoms with van der Waals surface area (Å²) in [5.74, 6) is -0.649. The van der Waals surface area contributed by atoms with Crippen molar-refractivity contribution in [1.29, 1.82) is 0 Å². The largest absolute Gasteiger partial charge is 0.319 e. The number of benzene rings is 7. The second-order valence-electron chi connectivity index (χ2n) is 30.1. The van der Waals surface area contributed by atoms with E-state index in [9.17, 15) is 33.6 Å². The van der Waals surface area contributed by atoms with Crippen molar-refractivity contribution in [2.45, 2.75) is 48.5 Å². The third-order valence-electron chi connectivity index (χ3n) is 20.3. The first kappa shape index (κ1) is 95.2. The molecule has 0 bridgehead atoms. The molecule has 14 aromatic heterocycles. The third kappa shape index (κ3) is 24.7. The lowest BCUT2D eigenvalue weighted by molar-refractivity contribution is 0.102. The first-order chi connectivity index (χ1) is 65.5. The number of hydrogen-bond donors (Lipinski definition) is 7. The highest BCUT2D eigenvalue weighted by Gasteiger charge is 2.20. The number of amides is 7. The highest BCUT2D eigenvalue weighted by Crippen LogP contribution is 2.35. The summed E-state index contributed by atoms with van der Waals surface area (Å²) >= 11 is 17.1. The fourth-order valence-electron chi connectivity index (χ4n) is 13.7. The number of nitrogens with zero attached hydrogens (tertiary/aromatic N) is 7. The zero-order valence-corrected chi connectivity index (χ0v) is 82.2. The van der Waals surface area contributed by atoms with Gasteiger partial charge in [0, 0.05) is 95.2 Å². The molecule has 0 fully saturated rings. The van der Waals surface area contributed by atoms with Crippen LogP contribution in [0.4, 0.5) is 39.8 Å². The fraction of sp³-hybridized carbons (Fsp3) is 0.0667. The number of halogens is 2. The number of pyridine rings is 7. The Morgan fingerprint density at radius 1 is 0.237 bits per heavy atom. The van der Waals surface area contributed by atoms with Gasteiger partial charge in [-0.3, -0.25) is 68.4 Å². The van der Waals surface area contributed by atoms with E-state index in [0.717, 1.165) is 166 Å². The van der Waals surface area contributed by atoms with Gasteiger partial charge in [-0.25, -0.2) is 0 Å². The maximum atomic E-state index is 12.4. The van der Waals surface area contributed by atoms with Crippen LogP contribution in [0.1, 0.15) is 105 Å². The van der Waals surface area contributed by atoms with Crippen LogP contribution in [0.2, 0.25) is 0 Å². The molecule has 7 aromatic carbocycles. The summed E-state index contributed by atoms with van der Waals surface area (Å²) in [6, 6.07) is 88.2. The molecule has 0 unspecified atom stereocenters. The van der Waals surface area contributed by atoms with E-state index in [4.69, 9.17) is 0 Å². The predicted molar refractivity (Wildman–Crippen MR) is 567 cm³/mol. The van der Waals surface area contributed by atoms with Crippen LogP contribution in [0.15, 0.2) is 335 Å². The Balaban J connectivity index is 0.000000120. The minimum atomic E-state index is -0.109. The second-order valence-corrected chi connectivity index (χ2v) is 40.5. The van der Waals surface area contributed by atoms with Crippen LogP contribution in [0, 0.1) is 48.5 Å². The minimum Gasteiger partial charge on any atom is -0.319 e. The summed E-state index contributed by atoms with van der Waals surface area (Å²) in [5.41, 5.74) is 14.9. The standard InChI is InChI=1S/C16H13BrN2OS.C15H11BrN2OS.4C15H12N2OS.C14H10N2OS/c1-9-8-13(21-15(9)17)16(20)19-12-5-3-4-11-7-6-10(2)18-14(11)12;1-9-8-12(20-14(9)16)15(19)18-11-6-2-4-10-5-3-7-17-13(10)11;3*1-10-7-8-13(19-10)15(18)17-12-6-2-4-11-5-3-9-16-14(11)12;1-10-7-9-19-14(10)15(18)17-12-6-2-4-11-5-3-8-16-13(11)12;17-14(12-7-3-9-18-12)16-11-6-1-4-10-5-2-8-15-13(10)11/h3-8H,1-2H3,(H,19,20);2-8H,1H3,(H,18,19);4*2-9H,1H3,(H,17,18);1-9H,(H,16,17). The molecule has 21 rings (SSSR count). The average Bonchev–Trinajstić information content (AvgIpc) is 1.80. The molecule has 0 aliphatic carbocycles. The van der Waals surface area contributed by atoms with Gasteiger partial charge in [0.2, 0.25) is 0 Å². The smallest absolute Gasteiger partial charge is 0.266 e. The summed E-state index contributed by atoms with van der Waals surface area (Å²) in [4.78, 5) is 124. The number of rotatable bonds is 14. The van der Waals surface area contributed by atoms with Crippen LogP contribution in [0.3, 0.4) is 0 Å². The zero-order valence-electron chi connectivity index (χ0n) is 73.3. The van der Waals surface area contributed by atoms with Crippen molar-refractivity contribution in [2.24, 2.45) is 0 Å². The Bertz CT molecular complexity index is 7530. The Kier molecular flexibility index (Phi) is 32.0. The van der Waals surface area contributed by atoms with Crippen molar-refractivity contribution >= 4 is 269 Å². The van der Waals surface area contributed by atoms with E-state index in [1.165, 1.54) is 79.4 Å². The average molecular weight is 2040 g/mol. The number of nitrogens with one attached hydrogen (secondary N) is 7. The van der Waals surface area contributed by atoms with Crippen LogP contribution in [0.5, 0.6) is 0 Å². The van der Waals surface area contributed by atoms with Crippen LogP contribution < -0.4 is 37.2 Å². The van der Waals surface area contributed by atoms with E-state index >= 15 is 0 Å². The molecule has 21 aromatic rings. The number of hydrogen-bond acceptors (Lipinski definition) is 21. The first-order valence-corrected chi connectivity index (χ1v) is 49.3. The number of anilines is 7. The number of thiophene rings is 7. The SMILES string of the molecule is Cc1cc(C(=O)Nc2cccc3cccnc23)sc1Br.Cc1ccc(C(=O)Nc2cccc3cccnc23)s1.Cc1ccc(C(=O)Nc2cccc3cccnc23)s1.Cc1ccc(C(=O)Nc2cccc3cccnc23)s1.Cc1ccc2cccc(NC(=O)c3cc(C)c(Br)s3)c2n1.Cc1ccsc1C(=O)Nc1cccc2cccnc12.O=C(Nc1cccc2cccnc12)c1cccs1. The van der Waals surface area contributed by atoms with E-state index in [1.54, 1.807) is 43.2 Å². The minimum absolute atomic E-state index is 0.0781. The normalized spacial score (nSPS) is 10.6. The van der Waals surface area contributed by atoms with Crippen molar-refractivity contribution in [3.05, 3.63) is 406 Å². The third-order valence-corrected chi connectivity index (χ3v) is 29.4. The highest BCUT2D eigenvalue weighted by atomic mass is 79.9. The molecule has 0 aliphatic heterocycles. The molecule has 0 spiro atoms. The lowest BCUT2D eigenvalue weighted by Gasteiger charge is -2.07. The molecular weight excluding hydrogens is 1950 g/mol. The lowest BCUT2D eigenvalue weighted by atomic mass is 10.1.